The second-order valence-electron chi connectivity index (χ2n) is 23.8. The standard InChI is InChI=1S/C64H89BrN10O4/c1-45(2)23-34-72(35-24-46(3)4)63(76)54-39-58-56(41-66-54)68-61(50-17-20-52(78-9)21-18-50)74(58)32-15-31-71-29-13-16-49(43-71)44-79-60-22-19-51(65)38-53(60)62-69-57-42-67-55(64(77)73(36-25-47(5)6)37-26-48(7)8)40-59(57)75(62)33-14-30-70-27-11-10-12-28-70/h16-22,38-42,45-48H,10-15,23-37,43-44H2,1-9H3. The van der Waals surface area contributed by atoms with Crippen LogP contribution in [-0.4, -0.2) is 140 Å². The molecule has 0 saturated carbocycles. The number of benzene rings is 2. The molecule has 0 radical (unpaired) electrons. The number of imidazole rings is 2. The number of hydrogen-bond donors (Lipinski definition) is 0. The highest BCUT2D eigenvalue weighted by molar-refractivity contribution is 9.10. The summed E-state index contributed by atoms with van der Waals surface area (Å²) >= 11 is 3.80. The summed E-state index contributed by atoms with van der Waals surface area (Å²) in [7, 11) is 1.68. The summed E-state index contributed by atoms with van der Waals surface area (Å²) in [5.74, 6) is 5.14. The van der Waals surface area contributed by atoms with Crippen molar-refractivity contribution in [2.75, 3.05) is 79.2 Å². The number of aromatic nitrogens is 6. The maximum Gasteiger partial charge on any atom is 0.272 e. The maximum atomic E-state index is 14.3. The molecule has 0 bridgehead atoms. The van der Waals surface area contributed by atoms with E-state index in [1.807, 2.05) is 58.3 Å². The van der Waals surface area contributed by atoms with Gasteiger partial charge in [-0.2, -0.15) is 0 Å². The first-order valence-corrected chi connectivity index (χ1v) is 30.4. The summed E-state index contributed by atoms with van der Waals surface area (Å²) in [5, 5.41) is 0. The van der Waals surface area contributed by atoms with E-state index in [0.717, 1.165) is 152 Å². The van der Waals surface area contributed by atoms with Crippen LogP contribution in [0.2, 0.25) is 0 Å². The summed E-state index contributed by atoms with van der Waals surface area (Å²) in [6, 6.07) is 18.2. The van der Waals surface area contributed by atoms with Crippen LogP contribution in [0.3, 0.4) is 0 Å². The first-order chi connectivity index (χ1) is 38.1. The zero-order valence-corrected chi connectivity index (χ0v) is 50.6. The number of nitrogens with zero attached hydrogens (tertiary/aromatic N) is 10. The molecule has 14 nitrogen and oxygen atoms in total. The summed E-state index contributed by atoms with van der Waals surface area (Å²) in [6.45, 7) is 28.4. The first kappa shape index (κ1) is 59.5. The molecule has 0 aliphatic carbocycles. The number of carbonyl (C=O) groups excluding carboxylic acids is 2. The summed E-state index contributed by atoms with van der Waals surface area (Å²) < 4.78 is 17.9. The molecule has 2 amide bonds. The molecule has 1 fully saturated rings. The van der Waals surface area contributed by atoms with Crippen LogP contribution in [0.4, 0.5) is 0 Å². The van der Waals surface area contributed by atoms with Crippen LogP contribution in [0.5, 0.6) is 11.5 Å². The fourth-order valence-electron chi connectivity index (χ4n) is 10.8. The van der Waals surface area contributed by atoms with Crippen LogP contribution in [0.15, 0.2) is 83.1 Å². The Labute approximate surface area is 479 Å². The van der Waals surface area contributed by atoms with Gasteiger partial charge in [0.1, 0.15) is 52.2 Å². The first-order valence-electron chi connectivity index (χ1n) is 29.6. The Morgan fingerprint density at radius 1 is 0.620 bits per heavy atom. The molecule has 6 heterocycles. The minimum atomic E-state index is -0.0233. The van der Waals surface area contributed by atoms with Gasteiger partial charge >= 0.3 is 0 Å². The Hall–Kier alpha value is -5.64. The predicted molar refractivity (Wildman–Crippen MR) is 324 cm³/mol. The van der Waals surface area contributed by atoms with Crippen molar-refractivity contribution in [3.05, 3.63) is 94.5 Å². The van der Waals surface area contributed by atoms with E-state index in [4.69, 9.17) is 29.4 Å². The number of piperidine rings is 1. The van der Waals surface area contributed by atoms with Crippen LogP contribution in [0, 0.1) is 23.7 Å². The lowest BCUT2D eigenvalue weighted by molar-refractivity contribution is 0.0727. The number of amides is 2. The average Bonchev–Trinajstić information content (AvgIpc) is 4.01. The van der Waals surface area contributed by atoms with Gasteiger partial charge in [0.25, 0.3) is 11.8 Å². The minimum absolute atomic E-state index is 0.0169. The van der Waals surface area contributed by atoms with Gasteiger partial charge in [0.05, 0.1) is 36.1 Å². The van der Waals surface area contributed by atoms with Crippen molar-refractivity contribution < 1.29 is 19.1 Å². The van der Waals surface area contributed by atoms with Crippen molar-refractivity contribution in [2.45, 2.75) is 133 Å². The van der Waals surface area contributed by atoms with Gasteiger partial charge in [-0.3, -0.25) is 14.5 Å². The highest BCUT2D eigenvalue weighted by Gasteiger charge is 2.25. The Morgan fingerprint density at radius 3 is 1.67 bits per heavy atom. The number of rotatable bonds is 28. The van der Waals surface area contributed by atoms with Crippen molar-refractivity contribution in [1.29, 1.82) is 0 Å². The molecule has 2 aromatic carbocycles. The molecular formula is C64H89BrN10O4. The molecule has 0 unspecified atom stereocenters. The molecule has 6 aromatic rings. The smallest absolute Gasteiger partial charge is 0.272 e. The van der Waals surface area contributed by atoms with E-state index in [-0.39, 0.29) is 11.8 Å². The minimum Gasteiger partial charge on any atom is -0.497 e. The van der Waals surface area contributed by atoms with Gasteiger partial charge in [0.15, 0.2) is 0 Å². The quantitative estimate of drug-likeness (QED) is 0.0438. The van der Waals surface area contributed by atoms with Gasteiger partial charge in [-0.05, 0) is 161 Å². The Kier molecular flexibility index (Phi) is 21.6. The van der Waals surface area contributed by atoms with E-state index in [9.17, 15) is 9.59 Å². The number of halogens is 1. The van der Waals surface area contributed by atoms with Crippen molar-refractivity contribution in [3.63, 3.8) is 0 Å². The third-order valence-corrected chi connectivity index (χ3v) is 16.1. The van der Waals surface area contributed by atoms with Crippen molar-refractivity contribution in [1.82, 2.24) is 48.7 Å². The van der Waals surface area contributed by atoms with E-state index < -0.39 is 0 Å². The highest BCUT2D eigenvalue weighted by Crippen LogP contribution is 2.36. The van der Waals surface area contributed by atoms with E-state index in [2.05, 4.69) is 102 Å². The second-order valence-corrected chi connectivity index (χ2v) is 24.7. The summed E-state index contributed by atoms with van der Waals surface area (Å²) in [4.78, 5) is 57.5. The summed E-state index contributed by atoms with van der Waals surface area (Å²) in [6.07, 6.45) is 16.3. The Balaban J connectivity index is 0.998. The van der Waals surface area contributed by atoms with Crippen molar-refractivity contribution >= 4 is 49.8 Å². The van der Waals surface area contributed by atoms with Gasteiger partial charge in [-0.25, -0.2) is 19.9 Å². The van der Waals surface area contributed by atoms with E-state index in [1.165, 1.54) is 24.8 Å². The molecule has 426 valence electrons. The molecule has 8 rings (SSSR count). The normalized spacial score (nSPS) is 14.6. The van der Waals surface area contributed by atoms with Crippen molar-refractivity contribution in [3.8, 4) is 34.3 Å². The number of aryl methyl sites for hydroxylation is 2. The fourth-order valence-corrected chi connectivity index (χ4v) is 11.1. The molecule has 0 spiro atoms. The SMILES string of the molecule is COc1ccc(-c2nc3cnc(C(=O)N(CCC(C)C)CCC(C)C)cc3n2CCCN2CCC=C(COc3ccc(Br)cc3-c3nc4cnc(C(=O)N(CCC(C)C)CCC(C)C)cc4n3CCCN3CCCCC3)C2)cc1. The molecule has 15 heteroatoms. The van der Waals surface area contributed by atoms with Crippen LogP contribution >= 0.6 is 15.9 Å². The topological polar surface area (TPSA) is 127 Å². The molecule has 4 aromatic heterocycles. The highest BCUT2D eigenvalue weighted by atomic mass is 79.9. The van der Waals surface area contributed by atoms with Crippen LogP contribution < -0.4 is 9.47 Å². The Bertz CT molecular complexity index is 2950. The van der Waals surface area contributed by atoms with Gasteiger partial charge in [0.2, 0.25) is 0 Å². The number of fused-ring (bicyclic) bond motifs is 2. The molecule has 0 N–H and O–H groups in total. The number of methoxy groups -OCH3 is 1. The third-order valence-electron chi connectivity index (χ3n) is 15.6. The van der Waals surface area contributed by atoms with Gasteiger partial charge in [0, 0.05) is 68.9 Å². The van der Waals surface area contributed by atoms with E-state index >= 15 is 0 Å². The lowest BCUT2D eigenvalue weighted by Gasteiger charge is -2.28. The molecule has 0 atom stereocenters. The summed E-state index contributed by atoms with van der Waals surface area (Å²) in [5.41, 5.74) is 7.42. The fraction of sp³-hybridized carbons (Fsp3) is 0.562. The molecule has 2 aliphatic heterocycles. The zero-order valence-electron chi connectivity index (χ0n) is 49.0. The maximum absolute atomic E-state index is 14.3. The lowest BCUT2D eigenvalue weighted by Crippen LogP contribution is -2.34. The third kappa shape index (κ3) is 16.3. The molecule has 79 heavy (non-hydrogen) atoms. The van der Waals surface area contributed by atoms with E-state index in [1.54, 1.807) is 19.5 Å². The Morgan fingerprint density at radius 2 is 1.14 bits per heavy atom. The molecule has 2 aliphatic rings. The average molecular weight is 1140 g/mol. The lowest BCUT2D eigenvalue weighted by atomic mass is 10.1. The molecule has 1 saturated heterocycles. The number of pyridine rings is 2. The van der Waals surface area contributed by atoms with Crippen LogP contribution in [-0.2, 0) is 13.1 Å². The zero-order chi connectivity index (χ0) is 56.0. The van der Waals surface area contributed by atoms with Crippen molar-refractivity contribution in [2.24, 2.45) is 23.7 Å². The van der Waals surface area contributed by atoms with E-state index in [0.29, 0.717) is 74.4 Å². The van der Waals surface area contributed by atoms with Crippen LogP contribution in [0.1, 0.15) is 141 Å². The second kappa shape index (κ2) is 28.7. The monoisotopic (exact) mass is 1140 g/mol. The number of carbonyl (C=O) groups is 2. The number of hydrogen-bond acceptors (Lipinski definition) is 10. The molecular weight excluding hydrogens is 1050 g/mol. The largest absolute Gasteiger partial charge is 0.497 e. The number of ether oxygens (including phenoxy) is 2. The van der Waals surface area contributed by atoms with Gasteiger partial charge in [-0.1, -0.05) is 83.8 Å². The predicted octanol–water partition coefficient (Wildman–Crippen LogP) is 13.3. The van der Waals surface area contributed by atoms with Gasteiger partial charge in [-0.15, -0.1) is 0 Å². The van der Waals surface area contributed by atoms with Crippen LogP contribution in [0.25, 0.3) is 44.8 Å². The number of likely N-dealkylation sites (tertiary alicyclic amines) is 1. The van der Waals surface area contributed by atoms with Gasteiger partial charge < -0.3 is 33.3 Å².